The fourth-order valence-electron chi connectivity index (χ4n) is 2.15. The average Bonchev–Trinajstić information content (AvgIpc) is 2.44. The van der Waals surface area contributed by atoms with E-state index in [4.69, 9.17) is 9.84 Å². The van der Waals surface area contributed by atoms with Crippen LogP contribution < -0.4 is 0 Å². The summed E-state index contributed by atoms with van der Waals surface area (Å²) in [7, 11) is 3.10. The Morgan fingerprint density at radius 2 is 1.90 bits per heavy atom. The van der Waals surface area contributed by atoms with Gasteiger partial charge >= 0.3 is 5.97 Å². The highest BCUT2D eigenvalue weighted by Gasteiger charge is 2.27. The Labute approximate surface area is 118 Å². The van der Waals surface area contributed by atoms with Crippen LogP contribution in [0.4, 0.5) is 0 Å². The molecule has 0 bridgehead atoms. The second-order valence-electron chi connectivity index (χ2n) is 4.99. The van der Waals surface area contributed by atoms with Crippen molar-refractivity contribution >= 4 is 17.8 Å². The predicted molar refractivity (Wildman–Crippen MR) is 71.1 cm³/mol. The lowest BCUT2D eigenvalue weighted by molar-refractivity contribution is -0.146. The van der Waals surface area contributed by atoms with E-state index in [9.17, 15) is 14.4 Å². The number of hydrogen-bond acceptors (Lipinski definition) is 4. The summed E-state index contributed by atoms with van der Waals surface area (Å²) in [4.78, 5) is 37.5. The lowest BCUT2D eigenvalue weighted by Gasteiger charge is -2.31. The number of aliphatic carboxylic acids is 1. The smallest absolute Gasteiger partial charge is 0.306 e. The second-order valence-corrected chi connectivity index (χ2v) is 4.99. The van der Waals surface area contributed by atoms with E-state index in [1.807, 2.05) is 0 Å². The van der Waals surface area contributed by atoms with E-state index >= 15 is 0 Å². The van der Waals surface area contributed by atoms with Gasteiger partial charge in [0.15, 0.2) is 0 Å². The molecule has 2 amide bonds. The van der Waals surface area contributed by atoms with E-state index in [0.29, 0.717) is 32.5 Å². The number of methoxy groups -OCH3 is 1. The van der Waals surface area contributed by atoms with Gasteiger partial charge in [-0.15, -0.1) is 0 Å². The Kier molecular flexibility index (Phi) is 6.44. The van der Waals surface area contributed by atoms with Crippen LogP contribution in [0.15, 0.2) is 0 Å². The molecule has 0 aromatic heterocycles. The minimum absolute atomic E-state index is 0.0281. The molecule has 0 aromatic rings. The summed E-state index contributed by atoms with van der Waals surface area (Å²) in [6.45, 7) is 1.24. The summed E-state index contributed by atoms with van der Waals surface area (Å²) in [5, 5.41) is 8.90. The predicted octanol–water partition coefficient (Wildman–Crippen LogP) is -0.195. The number of amides is 2. The fraction of sp³-hybridized carbons (Fsp3) is 0.769. The Balaban J connectivity index is 2.36. The van der Waals surface area contributed by atoms with Gasteiger partial charge in [-0.3, -0.25) is 14.4 Å². The number of carbonyl (C=O) groups excluding carboxylic acids is 2. The van der Waals surface area contributed by atoms with E-state index in [1.165, 1.54) is 12.0 Å². The van der Waals surface area contributed by atoms with Crippen molar-refractivity contribution in [3.05, 3.63) is 0 Å². The van der Waals surface area contributed by atoms with Crippen molar-refractivity contribution in [3.63, 3.8) is 0 Å². The molecule has 0 saturated carbocycles. The molecule has 1 N–H and O–H groups in total. The molecule has 1 aliphatic rings. The highest BCUT2D eigenvalue weighted by atomic mass is 16.5. The first-order valence-corrected chi connectivity index (χ1v) is 6.69. The zero-order chi connectivity index (χ0) is 15.1. The van der Waals surface area contributed by atoms with E-state index < -0.39 is 5.97 Å². The summed E-state index contributed by atoms with van der Waals surface area (Å²) in [5.41, 5.74) is 0. The summed E-state index contributed by atoms with van der Waals surface area (Å²) < 4.78 is 4.82. The van der Waals surface area contributed by atoms with Crippen molar-refractivity contribution < 1.29 is 24.2 Å². The lowest BCUT2D eigenvalue weighted by Crippen LogP contribution is -2.45. The topological polar surface area (TPSA) is 87.2 Å². The maximum atomic E-state index is 12.0. The number of likely N-dealkylation sites (N-methyl/N-ethyl adjacent to an activating group) is 1. The molecule has 7 heteroatoms. The molecular formula is C13H22N2O5. The van der Waals surface area contributed by atoms with Crippen LogP contribution in [-0.2, 0) is 19.1 Å². The van der Waals surface area contributed by atoms with E-state index in [2.05, 4.69) is 0 Å². The first kappa shape index (κ1) is 16.4. The number of piperidine rings is 1. The Morgan fingerprint density at radius 3 is 2.40 bits per heavy atom. The van der Waals surface area contributed by atoms with Gasteiger partial charge in [0.2, 0.25) is 11.8 Å². The molecule has 0 atom stereocenters. The maximum Gasteiger partial charge on any atom is 0.306 e. The number of nitrogens with zero attached hydrogens (tertiary/aromatic N) is 2. The molecule has 1 heterocycles. The van der Waals surface area contributed by atoms with Crippen LogP contribution in [0.2, 0.25) is 0 Å². The van der Waals surface area contributed by atoms with Crippen LogP contribution in [0, 0.1) is 5.92 Å². The van der Waals surface area contributed by atoms with Crippen LogP contribution in [0.3, 0.4) is 0 Å². The van der Waals surface area contributed by atoms with Gasteiger partial charge in [0.1, 0.15) is 0 Å². The maximum absolute atomic E-state index is 12.0. The van der Waals surface area contributed by atoms with Gasteiger partial charge in [-0.05, 0) is 12.8 Å². The van der Waals surface area contributed by atoms with E-state index in [0.717, 1.165) is 0 Å². The number of likely N-dealkylation sites (tertiary alicyclic amines) is 1. The monoisotopic (exact) mass is 286 g/mol. The highest BCUT2D eigenvalue weighted by Crippen LogP contribution is 2.17. The number of rotatable bonds is 6. The lowest BCUT2D eigenvalue weighted by atomic mass is 9.97. The summed E-state index contributed by atoms with van der Waals surface area (Å²) >= 11 is 0. The van der Waals surface area contributed by atoms with Crippen LogP contribution >= 0.6 is 0 Å². The number of carbonyl (C=O) groups is 3. The molecule has 0 unspecified atom stereocenters. The molecule has 0 aromatic carbocycles. The molecule has 0 aliphatic carbocycles. The molecule has 0 radical (unpaired) electrons. The van der Waals surface area contributed by atoms with Crippen LogP contribution in [0.1, 0.15) is 19.3 Å². The Morgan fingerprint density at radius 1 is 1.30 bits per heavy atom. The molecule has 0 spiro atoms. The van der Waals surface area contributed by atoms with Gasteiger partial charge in [-0.1, -0.05) is 0 Å². The zero-order valence-corrected chi connectivity index (χ0v) is 12.0. The van der Waals surface area contributed by atoms with Crippen molar-refractivity contribution in [3.8, 4) is 0 Å². The Bertz CT molecular complexity index is 364. The van der Waals surface area contributed by atoms with Gasteiger partial charge in [-0.25, -0.2) is 0 Å². The normalized spacial score (nSPS) is 16.0. The zero-order valence-electron chi connectivity index (χ0n) is 12.0. The van der Waals surface area contributed by atoms with Crippen molar-refractivity contribution in [1.29, 1.82) is 0 Å². The quantitative estimate of drug-likeness (QED) is 0.731. The van der Waals surface area contributed by atoms with Gasteiger partial charge in [0, 0.05) is 27.2 Å². The first-order valence-electron chi connectivity index (χ1n) is 6.69. The highest BCUT2D eigenvalue weighted by molar-refractivity contribution is 5.84. The second kappa shape index (κ2) is 7.84. The molecule has 1 rings (SSSR count). The molecule has 1 aliphatic heterocycles. The van der Waals surface area contributed by atoms with Crippen molar-refractivity contribution in [1.82, 2.24) is 9.80 Å². The van der Waals surface area contributed by atoms with Gasteiger partial charge < -0.3 is 19.6 Å². The minimum Gasteiger partial charge on any atom is -0.481 e. The molecule has 20 heavy (non-hydrogen) atoms. The number of carboxylic acids is 1. The van der Waals surface area contributed by atoms with Gasteiger partial charge in [-0.2, -0.15) is 0 Å². The largest absolute Gasteiger partial charge is 0.481 e. The first-order chi connectivity index (χ1) is 9.45. The Hall–Kier alpha value is -1.63. The number of carboxylic acid groups (broad SMARTS) is 1. The van der Waals surface area contributed by atoms with Crippen LogP contribution in [0.5, 0.6) is 0 Å². The molecule has 1 saturated heterocycles. The molecule has 1 fully saturated rings. The summed E-state index contributed by atoms with van der Waals surface area (Å²) in [6, 6.07) is 0. The summed E-state index contributed by atoms with van der Waals surface area (Å²) in [6.07, 6.45) is 1.20. The van der Waals surface area contributed by atoms with Gasteiger partial charge in [0.25, 0.3) is 0 Å². The van der Waals surface area contributed by atoms with Gasteiger partial charge in [0.05, 0.1) is 25.5 Å². The van der Waals surface area contributed by atoms with Crippen molar-refractivity contribution in [2.24, 2.45) is 5.92 Å². The molecule has 7 nitrogen and oxygen atoms in total. The number of hydrogen-bond donors (Lipinski definition) is 1. The minimum atomic E-state index is -0.802. The third kappa shape index (κ3) is 4.80. The van der Waals surface area contributed by atoms with Crippen LogP contribution in [0.25, 0.3) is 0 Å². The fourth-order valence-corrected chi connectivity index (χ4v) is 2.15. The van der Waals surface area contributed by atoms with E-state index in [1.54, 1.807) is 11.9 Å². The number of ether oxygens (including phenoxy) is 1. The third-order valence-corrected chi connectivity index (χ3v) is 3.52. The average molecular weight is 286 g/mol. The van der Waals surface area contributed by atoms with Crippen molar-refractivity contribution in [2.45, 2.75) is 19.3 Å². The summed E-state index contributed by atoms with van der Waals surface area (Å²) in [5.74, 6) is -1.44. The third-order valence-electron chi connectivity index (χ3n) is 3.52. The molecular weight excluding hydrogens is 264 g/mol. The standard InChI is InChI=1S/C13H22N2O5/c1-14(11(16)5-8-20-2)9-12(17)15-6-3-10(4-7-15)13(18)19/h10H,3-9H2,1-2H3,(H,18,19). The SMILES string of the molecule is COCCC(=O)N(C)CC(=O)N1CCC(C(=O)O)CC1. The van der Waals surface area contributed by atoms with Crippen LogP contribution in [-0.4, -0.2) is 73.1 Å². The van der Waals surface area contributed by atoms with E-state index in [-0.39, 0.29) is 30.7 Å². The molecule has 114 valence electrons. The van der Waals surface area contributed by atoms with Crippen molar-refractivity contribution in [2.75, 3.05) is 40.4 Å².